The Morgan fingerprint density at radius 1 is 1.50 bits per heavy atom. The van der Waals surface area contributed by atoms with E-state index >= 15 is 0 Å². The summed E-state index contributed by atoms with van der Waals surface area (Å²) in [6.07, 6.45) is 3.76. The minimum atomic E-state index is 0.225. The highest BCUT2D eigenvalue weighted by molar-refractivity contribution is 9.10. The summed E-state index contributed by atoms with van der Waals surface area (Å²) in [6.45, 7) is 4.16. The summed E-state index contributed by atoms with van der Waals surface area (Å²) in [7, 11) is 0. The molecule has 0 radical (unpaired) electrons. The Labute approximate surface area is 123 Å². The molecule has 1 saturated heterocycles. The van der Waals surface area contributed by atoms with Gasteiger partial charge < -0.3 is 5.73 Å². The van der Waals surface area contributed by atoms with E-state index in [-0.39, 0.29) is 6.04 Å². The lowest BCUT2D eigenvalue weighted by atomic mass is 9.96. The molecule has 0 bridgehead atoms. The summed E-state index contributed by atoms with van der Waals surface area (Å²) in [5, 5.41) is 0.794. The second kappa shape index (κ2) is 6.38. The van der Waals surface area contributed by atoms with Crippen LogP contribution in [0.1, 0.15) is 31.7 Å². The van der Waals surface area contributed by atoms with Crippen molar-refractivity contribution < 1.29 is 0 Å². The maximum atomic E-state index is 6.10. The number of nitrogens with two attached hydrogens (primary N) is 1. The number of hydrogen-bond acceptors (Lipinski definition) is 2. The quantitative estimate of drug-likeness (QED) is 0.912. The third-order valence-corrected chi connectivity index (χ3v) is 4.66. The van der Waals surface area contributed by atoms with Crippen molar-refractivity contribution in [2.45, 2.75) is 44.8 Å². The van der Waals surface area contributed by atoms with Crippen LogP contribution in [0.4, 0.5) is 0 Å². The van der Waals surface area contributed by atoms with Crippen molar-refractivity contribution in [3.63, 3.8) is 0 Å². The maximum Gasteiger partial charge on any atom is 0.0410 e. The fourth-order valence-corrected chi connectivity index (χ4v) is 3.26. The van der Waals surface area contributed by atoms with Crippen molar-refractivity contribution in [2.75, 3.05) is 6.54 Å². The van der Waals surface area contributed by atoms with Gasteiger partial charge in [-0.15, -0.1) is 0 Å². The molecular formula is C14H20BrClN2. The first-order chi connectivity index (χ1) is 8.58. The van der Waals surface area contributed by atoms with Crippen LogP contribution in [-0.2, 0) is 6.54 Å². The van der Waals surface area contributed by atoms with Gasteiger partial charge in [0.25, 0.3) is 0 Å². The molecule has 2 rings (SSSR count). The molecule has 2 atom stereocenters. The Hall–Kier alpha value is -0.0900. The molecule has 2 unspecified atom stereocenters. The lowest BCUT2D eigenvalue weighted by Gasteiger charge is -2.38. The Kier molecular flexibility index (Phi) is 5.07. The number of benzene rings is 1. The predicted octanol–water partition coefficient (Wildman–Crippen LogP) is 3.80. The molecule has 4 heteroatoms. The molecule has 0 aliphatic carbocycles. The zero-order chi connectivity index (χ0) is 13.1. The van der Waals surface area contributed by atoms with Crippen molar-refractivity contribution in [3.8, 4) is 0 Å². The number of rotatable bonds is 3. The largest absolute Gasteiger partial charge is 0.327 e. The van der Waals surface area contributed by atoms with Crippen LogP contribution >= 0.6 is 27.5 Å². The highest BCUT2D eigenvalue weighted by atomic mass is 79.9. The van der Waals surface area contributed by atoms with E-state index in [0.717, 1.165) is 22.6 Å². The first-order valence-electron chi connectivity index (χ1n) is 6.51. The first-order valence-corrected chi connectivity index (χ1v) is 7.68. The molecule has 1 fully saturated rings. The van der Waals surface area contributed by atoms with Crippen LogP contribution in [0, 0.1) is 0 Å². The van der Waals surface area contributed by atoms with Gasteiger partial charge in [0.05, 0.1) is 0 Å². The van der Waals surface area contributed by atoms with E-state index in [1.165, 1.54) is 24.8 Å². The van der Waals surface area contributed by atoms with Crippen molar-refractivity contribution in [1.29, 1.82) is 0 Å². The predicted molar refractivity (Wildman–Crippen MR) is 80.9 cm³/mol. The van der Waals surface area contributed by atoms with Crippen molar-refractivity contribution in [2.24, 2.45) is 5.73 Å². The molecule has 0 saturated carbocycles. The summed E-state index contributed by atoms with van der Waals surface area (Å²) >= 11 is 9.67. The SMILES string of the molecule is CC(N)C1CCCCN1Cc1cc(Cl)ccc1Br. The smallest absolute Gasteiger partial charge is 0.0410 e. The van der Waals surface area contributed by atoms with E-state index in [1.54, 1.807) is 0 Å². The summed E-state index contributed by atoms with van der Waals surface area (Å²) in [5.74, 6) is 0. The Balaban J connectivity index is 2.13. The average Bonchev–Trinajstić information content (AvgIpc) is 2.34. The monoisotopic (exact) mass is 330 g/mol. The van der Waals surface area contributed by atoms with Gasteiger partial charge in [0.1, 0.15) is 0 Å². The minimum absolute atomic E-state index is 0.225. The third-order valence-electron chi connectivity index (χ3n) is 3.65. The van der Waals surface area contributed by atoms with Crippen LogP contribution in [0.2, 0.25) is 5.02 Å². The molecule has 18 heavy (non-hydrogen) atoms. The summed E-state index contributed by atoms with van der Waals surface area (Å²) in [5.41, 5.74) is 7.35. The molecule has 2 N–H and O–H groups in total. The van der Waals surface area contributed by atoms with E-state index in [9.17, 15) is 0 Å². The Bertz CT molecular complexity index is 409. The molecule has 2 nitrogen and oxygen atoms in total. The van der Waals surface area contributed by atoms with Crippen LogP contribution in [0.15, 0.2) is 22.7 Å². The van der Waals surface area contributed by atoms with Crippen LogP contribution in [0.5, 0.6) is 0 Å². The molecule has 1 aliphatic heterocycles. The third kappa shape index (κ3) is 3.47. The van der Waals surface area contributed by atoms with E-state index in [4.69, 9.17) is 17.3 Å². The van der Waals surface area contributed by atoms with Gasteiger partial charge in [-0.3, -0.25) is 4.90 Å². The van der Waals surface area contributed by atoms with Crippen molar-refractivity contribution in [1.82, 2.24) is 4.90 Å². The maximum absolute atomic E-state index is 6.10. The molecule has 1 aromatic carbocycles. The van der Waals surface area contributed by atoms with Crippen molar-refractivity contribution >= 4 is 27.5 Å². The molecule has 1 heterocycles. The fraction of sp³-hybridized carbons (Fsp3) is 0.571. The van der Waals surface area contributed by atoms with Gasteiger partial charge >= 0.3 is 0 Å². The highest BCUT2D eigenvalue weighted by Crippen LogP contribution is 2.26. The Morgan fingerprint density at radius 2 is 2.28 bits per heavy atom. The van der Waals surface area contributed by atoms with E-state index in [1.807, 2.05) is 18.2 Å². The second-order valence-electron chi connectivity index (χ2n) is 5.13. The summed E-state index contributed by atoms with van der Waals surface area (Å²) in [6, 6.07) is 6.68. The Morgan fingerprint density at radius 3 is 3.00 bits per heavy atom. The average molecular weight is 332 g/mol. The molecule has 0 spiro atoms. The lowest BCUT2D eigenvalue weighted by molar-refractivity contribution is 0.123. The van der Waals surface area contributed by atoms with Gasteiger partial charge in [-0.2, -0.15) is 0 Å². The van der Waals surface area contributed by atoms with Gasteiger partial charge in [-0.05, 0) is 50.1 Å². The number of piperidine rings is 1. The molecule has 1 aromatic rings. The summed E-state index contributed by atoms with van der Waals surface area (Å²) < 4.78 is 1.13. The molecule has 0 amide bonds. The first kappa shape index (κ1) is 14.3. The normalized spacial score (nSPS) is 23.0. The zero-order valence-corrected chi connectivity index (χ0v) is 13.0. The molecular weight excluding hydrogens is 312 g/mol. The van der Waals surface area contributed by atoms with Gasteiger partial charge in [-0.1, -0.05) is 34.0 Å². The van der Waals surface area contributed by atoms with E-state index in [0.29, 0.717) is 6.04 Å². The van der Waals surface area contributed by atoms with Gasteiger partial charge in [0, 0.05) is 28.1 Å². The van der Waals surface area contributed by atoms with Crippen LogP contribution < -0.4 is 5.73 Å². The minimum Gasteiger partial charge on any atom is -0.327 e. The summed E-state index contributed by atoms with van der Waals surface area (Å²) in [4.78, 5) is 2.49. The van der Waals surface area contributed by atoms with Crippen LogP contribution in [-0.4, -0.2) is 23.5 Å². The van der Waals surface area contributed by atoms with Gasteiger partial charge in [0.15, 0.2) is 0 Å². The fourth-order valence-electron chi connectivity index (χ4n) is 2.69. The number of halogens is 2. The number of likely N-dealkylation sites (tertiary alicyclic amines) is 1. The van der Waals surface area contributed by atoms with Gasteiger partial charge in [-0.25, -0.2) is 0 Å². The van der Waals surface area contributed by atoms with Crippen molar-refractivity contribution in [3.05, 3.63) is 33.3 Å². The van der Waals surface area contributed by atoms with E-state index < -0.39 is 0 Å². The molecule has 0 aromatic heterocycles. The van der Waals surface area contributed by atoms with Crippen LogP contribution in [0.25, 0.3) is 0 Å². The highest BCUT2D eigenvalue weighted by Gasteiger charge is 2.25. The molecule has 100 valence electrons. The standard InChI is InChI=1S/C14H20BrClN2/c1-10(17)14-4-2-3-7-18(14)9-11-8-12(16)5-6-13(11)15/h5-6,8,10,14H,2-4,7,9,17H2,1H3. The molecule has 1 aliphatic rings. The lowest BCUT2D eigenvalue weighted by Crippen LogP contribution is -2.48. The number of hydrogen-bond donors (Lipinski definition) is 1. The number of nitrogens with zero attached hydrogens (tertiary/aromatic N) is 1. The second-order valence-corrected chi connectivity index (χ2v) is 6.42. The van der Waals surface area contributed by atoms with E-state index in [2.05, 4.69) is 27.8 Å². The van der Waals surface area contributed by atoms with Crippen LogP contribution in [0.3, 0.4) is 0 Å². The zero-order valence-electron chi connectivity index (χ0n) is 10.7. The van der Waals surface area contributed by atoms with Gasteiger partial charge in [0.2, 0.25) is 0 Å². The topological polar surface area (TPSA) is 29.3 Å².